The van der Waals surface area contributed by atoms with Crippen LogP contribution in [0.4, 0.5) is 4.79 Å². The molecule has 0 atom stereocenters. The van der Waals surface area contributed by atoms with Crippen LogP contribution in [-0.4, -0.2) is 47.1 Å². The Morgan fingerprint density at radius 1 is 1.34 bits per heavy atom. The number of hydrogen-bond donors (Lipinski definition) is 1. The number of fused-ring (bicyclic) bond motifs is 6. The first kappa shape index (κ1) is 18.5. The topological polar surface area (TPSA) is 84.7 Å². The van der Waals surface area contributed by atoms with Crippen LogP contribution < -0.4 is 5.32 Å². The Hall–Kier alpha value is -2.54. The van der Waals surface area contributed by atoms with Crippen LogP contribution in [0, 0.1) is 0 Å². The average molecular weight is 416 g/mol. The van der Waals surface area contributed by atoms with E-state index in [4.69, 9.17) is 20.8 Å². The molecule has 152 valence electrons. The number of ether oxygens (including phenoxy) is 1. The van der Waals surface area contributed by atoms with Crippen molar-refractivity contribution < 1.29 is 18.7 Å². The molecule has 1 N–H and O–H groups in total. The second-order valence-corrected chi connectivity index (χ2v) is 9.46. The number of carbonyl (C=O) groups is 2. The molecule has 0 bridgehead atoms. The maximum absolute atomic E-state index is 12.7. The van der Waals surface area contributed by atoms with Gasteiger partial charge < -0.3 is 19.4 Å². The zero-order valence-corrected chi connectivity index (χ0v) is 17.4. The van der Waals surface area contributed by atoms with Gasteiger partial charge in [0.25, 0.3) is 5.91 Å². The van der Waals surface area contributed by atoms with Gasteiger partial charge in [-0.25, -0.2) is 9.78 Å². The molecule has 2 aromatic rings. The van der Waals surface area contributed by atoms with E-state index in [0.29, 0.717) is 48.3 Å². The Balaban J connectivity index is 1.52. The molecule has 1 aliphatic carbocycles. The van der Waals surface area contributed by atoms with E-state index in [9.17, 15) is 9.59 Å². The van der Waals surface area contributed by atoms with Gasteiger partial charge in [-0.15, -0.1) is 0 Å². The first-order chi connectivity index (χ1) is 13.7. The number of likely N-dealkylation sites (tertiary alicyclic amines) is 1. The summed E-state index contributed by atoms with van der Waals surface area (Å²) in [6.45, 7) is 6.87. The summed E-state index contributed by atoms with van der Waals surface area (Å²) in [5.41, 5.74) is 2.52. The van der Waals surface area contributed by atoms with Crippen LogP contribution in [0.5, 0.6) is 0 Å². The quantitative estimate of drug-likeness (QED) is 0.667. The Morgan fingerprint density at radius 3 is 2.83 bits per heavy atom. The molecule has 4 heterocycles. The van der Waals surface area contributed by atoms with Gasteiger partial charge >= 0.3 is 6.09 Å². The van der Waals surface area contributed by atoms with Gasteiger partial charge in [0.1, 0.15) is 22.3 Å². The van der Waals surface area contributed by atoms with Crippen molar-refractivity contribution in [1.29, 1.82) is 0 Å². The maximum atomic E-state index is 12.7. The summed E-state index contributed by atoms with van der Waals surface area (Å²) >= 11 is 6.11. The number of aryl methyl sites for hydroxylation is 1. The number of amides is 2. The second-order valence-electron chi connectivity index (χ2n) is 9.08. The molecule has 0 aromatic carbocycles. The van der Waals surface area contributed by atoms with Crippen LogP contribution in [0.1, 0.15) is 48.0 Å². The zero-order chi connectivity index (χ0) is 20.6. The molecule has 5 rings (SSSR count). The highest BCUT2D eigenvalue weighted by molar-refractivity contribution is 6.29. The number of pyridine rings is 1. The minimum absolute atomic E-state index is 0.116. The number of aromatic nitrogens is 1. The first-order valence-electron chi connectivity index (χ1n) is 9.74. The van der Waals surface area contributed by atoms with Crippen LogP contribution in [0.3, 0.4) is 0 Å². The number of nitrogens with zero attached hydrogens (tertiary/aromatic N) is 2. The summed E-state index contributed by atoms with van der Waals surface area (Å²) in [4.78, 5) is 30.9. The van der Waals surface area contributed by atoms with E-state index in [0.717, 1.165) is 23.1 Å². The third kappa shape index (κ3) is 2.82. The van der Waals surface area contributed by atoms with Gasteiger partial charge in [-0.2, -0.15) is 0 Å². The molecule has 1 spiro atoms. The molecule has 1 saturated heterocycles. The van der Waals surface area contributed by atoms with E-state index in [-0.39, 0.29) is 12.0 Å². The summed E-state index contributed by atoms with van der Waals surface area (Å²) in [5.74, 6) is 1.26. The van der Waals surface area contributed by atoms with Crippen LogP contribution in [0.2, 0.25) is 5.15 Å². The predicted octanol–water partition coefficient (Wildman–Crippen LogP) is 3.33. The van der Waals surface area contributed by atoms with Gasteiger partial charge in [-0.1, -0.05) is 11.6 Å². The Kier molecular flexibility index (Phi) is 3.81. The monoisotopic (exact) mass is 415 g/mol. The molecule has 0 radical (unpaired) electrons. The summed E-state index contributed by atoms with van der Waals surface area (Å²) in [6, 6.07) is 1.79. The van der Waals surface area contributed by atoms with E-state index in [1.54, 1.807) is 17.2 Å². The van der Waals surface area contributed by atoms with E-state index in [1.165, 1.54) is 0 Å². The molecule has 0 unspecified atom stereocenters. The van der Waals surface area contributed by atoms with E-state index < -0.39 is 11.0 Å². The van der Waals surface area contributed by atoms with Crippen molar-refractivity contribution in [2.75, 3.05) is 19.6 Å². The standard InChI is InChI=1S/C21H22ClN3O4/c1-20(2,3)29-19(27)25-9-21(10-25)8-24-18(26)15-12-5-4-11-7-23-14(22)6-13(11)16(12)28-17(15)21/h6-7H,4-5,8-10H2,1-3H3,(H,24,26). The molecule has 7 nitrogen and oxygen atoms in total. The molecule has 2 aliphatic heterocycles. The summed E-state index contributed by atoms with van der Waals surface area (Å²) < 4.78 is 11.8. The molecule has 0 saturated carbocycles. The fourth-order valence-electron chi connectivity index (χ4n) is 4.48. The van der Waals surface area contributed by atoms with Crippen molar-refractivity contribution in [3.63, 3.8) is 0 Å². The zero-order valence-electron chi connectivity index (χ0n) is 16.6. The fourth-order valence-corrected chi connectivity index (χ4v) is 4.63. The van der Waals surface area contributed by atoms with E-state index in [1.807, 2.05) is 20.8 Å². The highest BCUT2D eigenvalue weighted by Gasteiger charge is 2.55. The maximum Gasteiger partial charge on any atom is 0.410 e. The lowest BCUT2D eigenvalue weighted by atomic mass is 9.73. The highest BCUT2D eigenvalue weighted by Crippen LogP contribution is 2.47. The summed E-state index contributed by atoms with van der Waals surface area (Å²) in [5, 5.41) is 3.39. The minimum Gasteiger partial charge on any atom is -0.459 e. The van der Waals surface area contributed by atoms with Crippen molar-refractivity contribution in [1.82, 2.24) is 15.2 Å². The third-order valence-corrected chi connectivity index (χ3v) is 5.99. The largest absolute Gasteiger partial charge is 0.459 e. The smallest absolute Gasteiger partial charge is 0.410 e. The molecular formula is C21H22ClN3O4. The number of furan rings is 1. The van der Waals surface area contributed by atoms with Crippen molar-refractivity contribution in [3.05, 3.63) is 39.9 Å². The van der Waals surface area contributed by atoms with Crippen molar-refractivity contribution in [3.8, 4) is 11.3 Å². The molecule has 2 aromatic heterocycles. The molecule has 29 heavy (non-hydrogen) atoms. The van der Waals surface area contributed by atoms with Crippen molar-refractivity contribution in [2.24, 2.45) is 0 Å². The van der Waals surface area contributed by atoms with Crippen LogP contribution in [0.15, 0.2) is 16.7 Å². The van der Waals surface area contributed by atoms with Crippen molar-refractivity contribution in [2.45, 2.75) is 44.6 Å². The third-order valence-electron chi connectivity index (χ3n) is 5.78. The van der Waals surface area contributed by atoms with Gasteiger partial charge in [-0.3, -0.25) is 4.79 Å². The average Bonchev–Trinajstić information content (AvgIpc) is 3.00. The number of carbonyl (C=O) groups excluding carboxylic acids is 2. The van der Waals surface area contributed by atoms with E-state index >= 15 is 0 Å². The van der Waals surface area contributed by atoms with Gasteiger partial charge in [-0.05, 0) is 45.2 Å². The highest BCUT2D eigenvalue weighted by atomic mass is 35.5. The lowest BCUT2D eigenvalue weighted by Crippen LogP contribution is -2.67. The molecule has 2 amide bonds. The molecular weight excluding hydrogens is 394 g/mol. The first-order valence-corrected chi connectivity index (χ1v) is 10.1. The SMILES string of the molecule is CC(C)(C)OC(=O)N1CC2(CNC(=O)c3c2oc2c3CCc3cnc(Cl)cc3-2)C1. The van der Waals surface area contributed by atoms with Crippen LogP contribution in [-0.2, 0) is 23.0 Å². The number of rotatable bonds is 0. The van der Waals surface area contributed by atoms with Crippen LogP contribution >= 0.6 is 11.6 Å². The number of hydrogen-bond acceptors (Lipinski definition) is 5. The predicted molar refractivity (Wildman–Crippen MR) is 106 cm³/mol. The summed E-state index contributed by atoms with van der Waals surface area (Å²) in [7, 11) is 0. The van der Waals surface area contributed by atoms with Crippen molar-refractivity contribution >= 4 is 23.6 Å². The van der Waals surface area contributed by atoms with Gasteiger partial charge in [0.05, 0.1) is 11.0 Å². The number of halogens is 1. The molecule has 8 heteroatoms. The number of nitrogens with one attached hydrogen (secondary N) is 1. The molecule has 3 aliphatic rings. The van der Waals surface area contributed by atoms with Crippen LogP contribution in [0.25, 0.3) is 11.3 Å². The molecule has 1 fully saturated rings. The van der Waals surface area contributed by atoms with Gasteiger partial charge in [0, 0.05) is 37.0 Å². The van der Waals surface area contributed by atoms with E-state index in [2.05, 4.69) is 10.3 Å². The normalized spacial score (nSPS) is 19.0. The second kappa shape index (κ2) is 5.98. The Bertz CT molecular complexity index is 1050. The van der Waals surface area contributed by atoms with Gasteiger partial charge in [0.2, 0.25) is 0 Å². The lowest BCUT2D eigenvalue weighted by Gasteiger charge is -2.50. The lowest BCUT2D eigenvalue weighted by molar-refractivity contribution is -0.0148. The Morgan fingerprint density at radius 2 is 2.10 bits per heavy atom. The minimum atomic E-state index is -0.549. The summed E-state index contributed by atoms with van der Waals surface area (Å²) in [6.07, 6.45) is 2.92. The Labute approximate surface area is 173 Å². The van der Waals surface area contributed by atoms with Gasteiger partial charge in [0.15, 0.2) is 0 Å². The fraction of sp³-hybridized carbons (Fsp3) is 0.476.